The van der Waals surface area contributed by atoms with E-state index in [1.54, 1.807) is 42.5 Å². The second kappa shape index (κ2) is 10.2. The van der Waals surface area contributed by atoms with Crippen LogP contribution in [0.5, 0.6) is 6.01 Å². The fourth-order valence-electron chi connectivity index (χ4n) is 5.31. The van der Waals surface area contributed by atoms with Crippen LogP contribution in [-0.2, 0) is 20.7 Å². The number of hydrogen-bond donors (Lipinski definition) is 2. The van der Waals surface area contributed by atoms with Gasteiger partial charge < -0.3 is 20.3 Å². The first kappa shape index (κ1) is 25.7. The van der Waals surface area contributed by atoms with E-state index in [1.807, 2.05) is 19.2 Å². The van der Waals surface area contributed by atoms with E-state index in [-0.39, 0.29) is 18.1 Å². The minimum Gasteiger partial charge on any atom is -0.457 e. The van der Waals surface area contributed by atoms with Gasteiger partial charge in [0.25, 0.3) is 5.91 Å². The van der Waals surface area contributed by atoms with E-state index < -0.39 is 11.7 Å². The average Bonchev–Trinajstić information content (AvgIpc) is 3.50. The molecule has 1 aliphatic rings. The van der Waals surface area contributed by atoms with Gasteiger partial charge in [0.15, 0.2) is 5.82 Å². The Labute approximate surface area is 230 Å². The fraction of sp³-hybridized carbons (Fsp3) is 0.321. The highest BCUT2D eigenvalue weighted by molar-refractivity contribution is 6.14. The Hall–Kier alpha value is -4.58. The zero-order valence-corrected chi connectivity index (χ0v) is 22.7. The lowest BCUT2D eigenvalue weighted by Gasteiger charge is -2.38. The van der Waals surface area contributed by atoms with Crippen molar-refractivity contribution < 1.29 is 13.9 Å². The Kier molecular flexibility index (Phi) is 6.54. The Morgan fingerprint density at radius 3 is 2.70 bits per heavy atom. The molecule has 6 rings (SSSR count). The number of hydrogen-bond acceptors (Lipinski definition) is 8. The van der Waals surface area contributed by atoms with E-state index in [4.69, 9.17) is 4.74 Å². The number of ether oxygens (including phenoxy) is 1. The van der Waals surface area contributed by atoms with Gasteiger partial charge in [-0.2, -0.15) is 15.2 Å². The highest BCUT2D eigenvalue weighted by Crippen LogP contribution is 2.31. The summed E-state index contributed by atoms with van der Waals surface area (Å²) in [5.41, 5.74) is 3.14. The maximum absolute atomic E-state index is 14.7. The van der Waals surface area contributed by atoms with Gasteiger partial charge in [-0.15, -0.1) is 0 Å². The summed E-state index contributed by atoms with van der Waals surface area (Å²) < 4.78 is 23.8. The van der Waals surface area contributed by atoms with Crippen molar-refractivity contribution in [3.63, 3.8) is 0 Å². The minimum atomic E-state index is -0.510. The molecule has 4 heterocycles. The van der Waals surface area contributed by atoms with Crippen molar-refractivity contribution in [1.29, 1.82) is 0 Å². The molecule has 1 amide bonds. The number of halogens is 1. The number of aromatic nitrogens is 6. The third-order valence-electron chi connectivity index (χ3n) is 7.05. The van der Waals surface area contributed by atoms with Crippen molar-refractivity contribution in [3.05, 3.63) is 66.0 Å². The van der Waals surface area contributed by atoms with Gasteiger partial charge in [0.2, 0.25) is 0 Å². The molecule has 1 aliphatic heterocycles. The largest absolute Gasteiger partial charge is 0.457 e. The number of rotatable bonds is 6. The topological polar surface area (TPSA) is 115 Å². The van der Waals surface area contributed by atoms with E-state index in [0.717, 1.165) is 29.9 Å². The third-order valence-corrected chi connectivity index (χ3v) is 7.05. The molecule has 0 aliphatic carbocycles. The van der Waals surface area contributed by atoms with Crippen LogP contribution in [0, 0.1) is 5.82 Å². The molecule has 206 valence electrons. The molecule has 2 atom stereocenters. The maximum Gasteiger partial charge on any atom is 0.317 e. The molecule has 5 aromatic rings. The molecule has 2 aromatic carbocycles. The Morgan fingerprint density at radius 1 is 1.15 bits per heavy atom. The second-order valence-electron chi connectivity index (χ2n) is 10.3. The molecule has 0 spiro atoms. The summed E-state index contributed by atoms with van der Waals surface area (Å²) in [4.78, 5) is 25.0. The number of carbonyl (C=O) groups is 1. The van der Waals surface area contributed by atoms with Gasteiger partial charge in [0.05, 0.1) is 16.8 Å². The average molecular weight is 544 g/mol. The van der Waals surface area contributed by atoms with Crippen molar-refractivity contribution >= 4 is 39.1 Å². The molecule has 0 unspecified atom stereocenters. The first-order valence-electron chi connectivity index (χ1n) is 13.1. The van der Waals surface area contributed by atoms with Gasteiger partial charge in [-0.1, -0.05) is 0 Å². The van der Waals surface area contributed by atoms with Crippen LogP contribution >= 0.6 is 0 Å². The fourth-order valence-corrected chi connectivity index (χ4v) is 5.31. The van der Waals surface area contributed by atoms with Gasteiger partial charge in [-0.3, -0.25) is 14.2 Å². The van der Waals surface area contributed by atoms with Crippen LogP contribution in [0.3, 0.4) is 0 Å². The smallest absolute Gasteiger partial charge is 0.317 e. The first-order chi connectivity index (χ1) is 19.2. The second-order valence-corrected chi connectivity index (χ2v) is 10.3. The quantitative estimate of drug-likeness (QED) is 0.335. The number of piperazine rings is 1. The summed E-state index contributed by atoms with van der Waals surface area (Å²) in [6.45, 7) is 6.11. The molecule has 3 aromatic heterocycles. The van der Waals surface area contributed by atoms with E-state index in [1.165, 1.54) is 10.7 Å². The maximum atomic E-state index is 14.7. The highest BCUT2D eigenvalue weighted by atomic mass is 19.1. The number of amides is 1. The van der Waals surface area contributed by atoms with Gasteiger partial charge in [-0.05, 0) is 44.2 Å². The molecule has 0 saturated carbocycles. The highest BCUT2D eigenvalue weighted by Gasteiger charge is 2.25. The van der Waals surface area contributed by atoms with Crippen molar-refractivity contribution in [2.45, 2.75) is 32.5 Å². The zero-order valence-electron chi connectivity index (χ0n) is 22.7. The Bertz CT molecular complexity index is 1720. The number of nitrogens with zero attached hydrogens (tertiary/aromatic N) is 7. The molecule has 2 N–H and O–H groups in total. The zero-order chi connectivity index (χ0) is 28.0. The molecule has 1 saturated heterocycles. The number of anilines is 2. The molecular weight excluding hydrogens is 513 g/mol. The predicted molar refractivity (Wildman–Crippen MR) is 150 cm³/mol. The first-order valence-corrected chi connectivity index (χ1v) is 13.1. The number of nitrogens with one attached hydrogen (secondary N) is 2. The predicted octanol–water partition coefficient (Wildman–Crippen LogP) is 3.41. The SMILES string of the molecule is C[C@@H]1CN(c2ccc(C(=O)Nc3cc(F)c4nn(C)cc4c3)c3nc(OCc4ccnn4C)ncc23)C[C@H](C)N1. The molecule has 0 bridgehead atoms. The normalized spacial score (nSPS) is 17.5. The van der Waals surface area contributed by atoms with Crippen LogP contribution in [-0.4, -0.2) is 60.6 Å². The molecule has 12 heteroatoms. The van der Waals surface area contributed by atoms with Crippen LogP contribution < -0.4 is 20.3 Å². The summed E-state index contributed by atoms with van der Waals surface area (Å²) >= 11 is 0. The standard InChI is InChI=1S/C28H30FN9O2/c1-16-12-38(13-17(2)32-16)24-6-5-21(27(39)33-19-9-18-14-36(3)35-25(18)23(29)10-19)26-22(24)11-30-28(34-26)40-15-20-7-8-31-37(20)4/h5-11,14,16-17,32H,12-13,15H2,1-4H3,(H,33,39)/t16-,17+. The van der Waals surface area contributed by atoms with Crippen molar-refractivity contribution in [1.82, 2.24) is 34.8 Å². The summed E-state index contributed by atoms with van der Waals surface area (Å²) in [5.74, 6) is -0.929. The van der Waals surface area contributed by atoms with Gasteiger partial charge in [0, 0.05) is 80.0 Å². The van der Waals surface area contributed by atoms with Crippen LogP contribution in [0.1, 0.15) is 29.9 Å². The third kappa shape index (κ3) is 4.93. The summed E-state index contributed by atoms with van der Waals surface area (Å²) in [5, 5.41) is 16.0. The Morgan fingerprint density at radius 2 is 1.95 bits per heavy atom. The molecule has 40 heavy (non-hydrogen) atoms. The monoisotopic (exact) mass is 543 g/mol. The van der Waals surface area contributed by atoms with E-state index in [9.17, 15) is 9.18 Å². The lowest BCUT2D eigenvalue weighted by atomic mass is 10.0. The van der Waals surface area contributed by atoms with E-state index in [2.05, 4.69) is 49.5 Å². The van der Waals surface area contributed by atoms with Crippen molar-refractivity contribution in [3.8, 4) is 6.01 Å². The van der Waals surface area contributed by atoms with Crippen LogP contribution in [0.4, 0.5) is 15.8 Å². The van der Waals surface area contributed by atoms with E-state index in [0.29, 0.717) is 34.2 Å². The number of carbonyl (C=O) groups excluding carboxylic acids is 1. The van der Waals surface area contributed by atoms with Crippen LogP contribution in [0.15, 0.2) is 48.9 Å². The lowest BCUT2D eigenvalue weighted by Crippen LogP contribution is -2.54. The summed E-state index contributed by atoms with van der Waals surface area (Å²) in [7, 11) is 3.55. The summed E-state index contributed by atoms with van der Waals surface area (Å²) in [6.07, 6.45) is 5.09. The number of aryl methyl sites for hydroxylation is 2. The Balaban J connectivity index is 1.38. The summed E-state index contributed by atoms with van der Waals surface area (Å²) in [6, 6.07) is 9.22. The van der Waals surface area contributed by atoms with Crippen LogP contribution in [0.2, 0.25) is 0 Å². The van der Waals surface area contributed by atoms with Gasteiger partial charge in [0.1, 0.15) is 12.1 Å². The van der Waals surface area contributed by atoms with Gasteiger partial charge in [-0.25, -0.2) is 9.37 Å². The van der Waals surface area contributed by atoms with E-state index >= 15 is 0 Å². The number of benzene rings is 2. The minimum absolute atomic E-state index is 0.143. The lowest BCUT2D eigenvalue weighted by molar-refractivity contribution is 0.102. The van der Waals surface area contributed by atoms with Gasteiger partial charge >= 0.3 is 6.01 Å². The number of fused-ring (bicyclic) bond motifs is 2. The van der Waals surface area contributed by atoms with Crippen LogP contribution in [0.25, 0.3) is 21.8 Å². The van der Waals surface area contributed by atoms with Crippen molar-refractivity contribution in [2.75, 3.05) is 23.3 Å². The molecule has 1 fully saturated rings. The molecular formula is C28H30FN9O2. The van der Waals surface area contributed by atoms with Crippen molar-refractivity contribution in [2.24, 2.45) is 14.1 Å². The molecule has 0 radical (unpaired) electrons. The molecule has 11 nitrogen and oxygen atoms in total.